The molecule has 5 nitrogen and oxygen atoms in total. The first-order valence-electron chi connectivity index (χ1n) is 6.27. The van der Waals surface area contributed by atoms with Gasteiger partial charge in [0.25, 0.3) is 0 Å². The van der Waals surface area contributed by atoms with E-state index in [-0.39, 0.29) is 12.1 Å². The van der Waals surface area contributed by atoms with Crippen LogP contribution < -0.4 is 5.32 Å². The summed E-state index contributed by atoms with van der Waals surface area (Å²) in [5.74, 6) is 0.136. The second-order valence-electron chi connectivity index (χ2n) is 4.74. The standard InChI is InChI=1S/C13H18BrNO4/c1-13(12(16)17-2,10-5-6-11(14)19-10)15-8-9-4-3-7-18-9/h5-6,9,15H,3-4,7-8H2,1-2H3. The van der Waals surface area contributed by atoms with Crippen LogP contribution in [0.25, 0.3) is 0 Å². The Morgan fingerprint density at radius 3 is 2.95 bits per heavy atom. The zero-order valence-corrected chi connectivity index (χ0v) is 12.7. The van der Waals surface area contributed by atoms with E-state index in [2.05, 4.69) is 21.2 Å². The molecule has 1 aliphatic rings. The maximum Gasteiger partial charge on any atom is 0.333 e. The van der Waals surface area contributed by atoms with Gasteiger partial charge in [-0.3, -0.25) is 5.32 Å². The fraction of sp³-hybridized carbons (Fsp3) is 0.615. The molecule has 1 aromatic heterocycles. The SMILES string of the molecule is COC(=O)C(C)(NCC1CCCO1)c1ccc(Br)o1. The summed E-state index contributed by atoms with van der Waals surface area (Å²) in [6, 6.07) is 3.51. The number of carbonyl (C=O) groups excluding carboxylic acids is 1. The van der Waals surface area contributed by atoms with Crippen LogP contribution in [0.3, 0.4) is 0 Å². The van der Waals surface area contributed by atoms with Gasteiger partial charge >= 0.3 is 5.97 Å². The first-order valence-corrected chi connectivity index (χ1v) is 7.06. The molecule has 1 aliphatic heterocycles. The molecule has 1 fully saturated rings. The second-order valence-corrected chi connectivity index (χ2v) is 5.52. The van der Waals surface area contributed by atoms with Crippen molar-refractivity contribution in [1.29, 1.82) is 0 Å². The van der Waals surface area contributed by atoms with Crippen molar-refractivity contribution < 1.29 is 18.7 Å². The molecule has 2 atom stereocenters. The van der Waals surface area contributed by atoms with Crippen LogP contribution in [0.4, 0.5) is 0 Å². The van der Waals surface area contributed by atoms with Crippen LogP contribution in [0.5, 0.6) is 0 Å². The molecule has 0 spiro atoms. The largest absolute Gasteiger partial charge is 0.467 e. The third-order valence-corrected chi connectivity index (χ3v) is 3.79. The summed E-state index contributed by atoms with van der Waals surface area (Å²) >= 11 is 3.24. The molecule has 2 heterocycles. The van der Waals surface area contributed by atoms with Crippen molar-refractivity contribution in [3.8, 4) is 0 Å². The number of carbonyl (C=O) groups is 1. The number of rotatable bonds is 5. The highest BCUT2D eigenvalue weighted by atomic mass is 79.9. The summed E-state index contributed by atoms with van der Waals surface area (Å²) in [5, 5.41) is 3.20. The molecule has 1 N–H and O–H groups in total. The predicted octanol–water partition coefficient (Wildman–Crippen LogP) is 2.20. The van der Waals surface area contributed by atoms with Crippen molar-refractivity contribution in [1.82, 2.24) is 5.32 Å². The Morgan fingerprint density at radius 1 is 1.63 bits per heavy atom. The van der Waals surface area contributed by atoms with Gasteiger partial charge in [0.1, 0.15) is 5.76 Å². The van der Waals surface area contributed by atoms with Gasteiger partial charge in [0.2, 0.25) is 0 Å². The van der Waals surface area contributed by atoms with E-state index in [1.807, 2.05) is 0 Å². The van der Waals surface area contributed by atoms with Crippen LogP contribution in [0.2, 0.25) is 0 Å². The number of ether oxygens (including phenoxy) is 2. The number of methoxy groups -OCH3 is 1. The van der Waals surface area contributed by atoms with Gasteiger partial charge in [-0.2, -0.15) is 0 Å². The molecule has 0 aliphatic carbocycles. The summed E-state index contributed by atoms with van der Waals surface area (Å²) < 4.78 is 16.5. The first kappa shape index (κ1) is 14.6. The summed E-state index contributed by atoms with van der Waals surface area (Å²) in [6.07, 6.45) is 2.21. The maximum absolute atomic E-state index is 12.0. The summed E-state index contributed by atoms with van der Waals surface area (Å²) in [6.45, 7) is 3.12. The average Bonchev–Trinajstić information content (AvgIpc) is 3.06. The van der Waals surface area contributed by atoms with Gasteiger partial charge in [-0.15, -0.1) is 0 Å². The highest BCUT2D eigenvalue weighted by Gasteiger charge is 2.40. The highest BCUT2D eigenvalue weighted by molar-refractivity contribution is 9.10. The van der Waals surface area contributed by atoms with Crippen LogP contribution in [0, 0.1) is 0 Å². The lowest BCUT2D eigenvalue weighted by molar-refractivity contribution is -0.149. The van der Waals surface area contributed by atoms with Gasteiger partial charge < -0.3 is 13.9 Å². The number of furan rings is 1. The van der Waals surface area contributed by atoms with Crippen LogP contribution >= 0.6 is 15.9 Å². The van der Waals surface area contributed by atoms with Gasteiger partial charge in [-0.05, 0) is 47.8 Å². The molecular weight excluding hydrogens is 314 g/mol. The monoisotopic (exact) mass is 331 g/mol. The molecule has 0 aromatic carbocycles. The smallest absolute Gasteiger partial charge is 0.333 e. The first-order chi connectivity index (χ1) is 9.06. The molecule has 19 heavy (non-hydrogen) atoms. The van der Waals surface area contributed by atoms with Crippen molar-refractivity contribution in [2.75, 3.05) is 20.3 Å². The highest BCUT2D eigenvalue weighted by Crippen LogP contribution is 2.27. The van der Waals surface area contributed by atoms with E-state index in [0.717, 1.165) is 19.4 Å². The van der Waals surface area contributed by atoms with E-state index in [1.54, 1.807) is 19.1 Å². The fourth-order valence-corrected chi connectivity index (χ4v) is 2.48. The van der Waals surface area contributed by atoms with E-state index in [4.69, 9.17) is 13.9 Å². The quantitative estimate of drug-likeness (QED) is 0.838. The Hall–Kier alpha value is -0.850. The number of esters is 1. The van der Waals surface area contributed by atoms with E-state index in [9.17, 15) is 4.79 Å². The molecule has 0 saturated carbocycles. The van der Waals surface area contributed by atoms with Crippen LogP contribution in [0.15, 0.2) is 21.2 Å². The Balaban J connectivity index is 2.12. The van der Waals surface area contributed by atoms with Gasteiger partial charge in [-0.1, -0.05) is 0 Å². The van der Waals surface area contributed by atoms with Crippen LogP contribution in [-0.4, -0.2) is 32.3 Å². The van der Waals surface area contributed by atoms with E-state index in [1.165, 1.54) is 7.11 Å². The van der Waals surface area contributed by atoms with Crippen molar-refractivity contribution in [2.45, 2.75) is 31.4 Å². The Kier molecular flexibility index (Phi) is 4.65. The molecule has 1 aromatic rings. The topological polar surface area (TPSA) is 60.7 Å². The fourth-order valence-electron chi connectivity index (χ4n) is 2.17. The number of halogens is 1. The molecule has 6 heteroatoms. The molecule has 0 radical (unpaired) electrons. The van der Waals surface area contributed by atoms with Gasteiger partial charge in [0.15, 0.2) is 10.2 Å². The van der Waals surface area contributed by atoms with Crippen LogP contribution in [0.1, 0.15) is 25.5 Å². The average molecular weight is 332 g/mol. The molecular formula is C13H18BrNO4. The van der Waals surface area contributed by atoms with Crippen molar-refractivity contribution in [2.24, 2.45) is 0 Å². The van der Waals surface area contributed by atoms with E-state index in [0.29, 0.717) is 17.0 Å². The predicted molar refractivity (Wildman–Crippen MR) is 72.8 cm³/mol. The second kappa shape index (κ2) is 6.07. The van der Waals surface area contributed by atoms with Gasteiger partial charge in [-0.25, -0.2) is 4.79 Å². The lowest BCUT2D eigenvalue weighted by Crippen LogP contribution is -2.49. The van der Waals surface area contributed by atoms with E-state index >= 15 is 0 Å². The zero-order valence-electron chi connectivity index (χ0n) is 11.1. The minimum absolute atomic E-state index is 0.141. The van der Waals surface area contributed by atoms with Crippen molar-refractivity contribution >= 4 is 21.9 Å². The number of nitrogens with one attached hydrogen (secondary N) is 1. The molecule has 1 saturated heterocycles. The van der Waals surface area contributed by atoms with Gasteiger partial charge in [0.05, 0.1) is 13.2 Å². The Morgan fingerprint density at radius 2 is 2.42 bits per heavy atom. The lowest BCUT2D eigenvalue weighted by atomic mass is 9.98. The Bertz CT molecular complexity index is 442. The Labute approximate surface area is 120 Å². The summed E-state index contributed by atoms with van der Waals surface area (Å²) in [5.41, 5.74) is -1.01. The van der Waals surface area contributed by atoms with E-state index < -0.39 is 5.54 Å². The molecule has 2 unspecified atom stereocenters. The summed E-state index contributed by atoms with van der Waals surface area (Å²) in [4.78, 5) is 12.0. The third-order valence-electron chi connectivity index (χ3n) is 3.37. The maximum atomic E-state index is 12.0. The zero-order chi connectivity index (χ0) is 13.9. The molecule has 106 valence electrons. The minimum Gasteiger partial charge on any atom is -0.467 e. The van der Waals surface area contributed by atoms with Crippen LogP contribution in [-0.2, 0) is 19.8 Å². The minimum atomic E-state index is -1.01. The molecule has 0 bridgehead atoms. The number of hydrogen-bond donors (Lipinski definition) is 1. The number of hydrogen-bond acceptors (Lipinski definition) is 5. The lowest BCUT2D eigenvalue weighted by Gasteiger charge is -2.27. The van der Waals surface area contributed by atoms with Crippen molar-refractivity contribution in [3.63, 3.8) is 0 Å². The third kappa shape index (κ3) is 3.19. The summed E-state index contributed by atoms with van der Waals surface area (Å²) in [7, 11) is 1.37. The van der Waals surface area contributed by atoms with Gasteiger partial charge in [0, 0.05) is 13.2 Å². The molecule has 0 amide bonds. The van der Waals surface area contributed by atoms with Crippen molar-refractivity contribution in [3.05, 3.63) is 22.6 Å². The molecule has 2 rings (SSSR count). The normalized spacial score (nSPS) is 22.2.